The fourth-order valence-corrected chi connectivity index (χ4v) is 1.49. The summed E-state index contributed by atoms with van der Waals surface area (Å²) >= 11 is 4.82. The van der Waals surface area contributed by atoms with Crippen LogP contribution in [0.5, 0.6) is 0 Å². The zero-order valence-electron chi connectivity index (χ0n) is 7.36. The van der Waals surface area contributed by atoms with Crippen molar-refractivity contribution in [1.29, 1.82) is 0 Å². The van der Waals surface area contributed by atoms with Crippen molar-refractivity contribution in [3.8, 4) is 0 Å². The van der Waals surface area contributed by atoms with Gasteiger partial charge in [0.25, 0.3) is 0 Å². The first-order valence-corrected chi connectivity index (χ1v) is 4.67. The predicted molar refractivity (Wildman–Crippen MR) is 53.2 cm³/mol. The Bertz CT molecular complexity index is 425. The van der Waals surface area contributed by atoms with E-state index in [2.05, 4.69) is 10.2 Å². The summed E-state index contributed by atoms with van der Waals surface area (Å²) in [6.45, 7) is 1.72. The number of hydrogen-bond acceptors (Lipinski definition) is 4. The number of carboxylic acid groups (broad SMARTS) is 1. The Morgan fingerprint density at radius 1 is 1.64 bits per heavy atom. The molecule has 2 heterocycles. The quantitative estimate of drug-likeness (QED) is 0.715. The Hall–Kier alpha value is -1.43. The minimum absolute atomic E-state index is 0.174. The Labute approximate surface area is 85.4 Å². The lowest BCUT2D eigenvalue weighted by Gasteiger charge is -2.32. The van der Waals surface area contributed by atoms with Gasteiger partial charge in [0, 0.05) is 13.1 Å². The highest BCUT2D eigenvalue weighted by Crippen LogP contribution is 2.21. The van der Waals surface area contributed by atoms with Crippen LogP contribution < -0.4 is 4.90 Å². The lowest BCUT2D eigenvalue weighted by molar-refractivity contribution is 0.0696. The highest BCUT2D eigenvalue weighted by Gasteiger charge is 2.22. The smallest absolute Gasteiger partial charge is 0.339 e. The molecular weight excluding hydrogens is 202 g/mol. The molecule has 0 saturated carbocycles. The fourth-order valence-electron chi connectivity index (χ4n) is 1.32. The summed E-state index contributed by atoms with van der Waals surface area (Å²) in [5, 5.41) is 15.5. The summed E-state index contributed by atoms with van der Waals surface area (Å²) in [6.07, 6.45) is 1.08. The highest BCUT2D eigenvalue weighted by molar-refractivity contribution is 7.71. The van der Waals surface area contributed by atoms with Crippen LogP contribution in [-0.4, -0.2) is 34.4 Å². The van der Waals surface area contributed by atoms with Crippen molar-refractivity contribution < 1.29 is 9.90 Å². The normalized spacial score (nSPS) is 15.0. The van der Waals surface area contributed by atoms with Crippen LogP contribution in [0.25, 0.3) is 0 Å². The summed E-state index contributed by atoms with van der Waals surface area (Å²) in [5.74, 6) is -0.503. The van der Waals surface area contributed by atoms with E-state index in [1.165, 1.54) is 6.07 Å². The van der Waals surface area contributed by atoms with Gasteiger partial charge in [-0.15, -0.1) is 0 Å². The molecule has 0 spiro atoms. The molecule has 1 aromatic heterocycles. The third kappa shape index (κ3) is 1.48. The van der Waals surface area contributed by atoms with E-state index in [0.717, 1.165) is 19.5 Å². The zero-order valence-corrected chi connectivity index (χ0v) is 8.17. The number of aromatic amines is 1. The number of aromatic nitrogens is 2. The van der Waals surface area contributed by atoms with E-state index in [0.29, 0.717) is 10.5 Å². The van der Waals surface area contributed by atoms with Gasteiger partial charge >= 0.3 is 5.97 Å². The van der Waals surface area contributed by atoms with E-state index < -0.39 is 5.97 Å². The van der Waals surface area contributed by atoms with Gasteiger partial charge in [-0.2, -0.15) is 5.10 Å². The minimum Gasteiger partial charge on any atom is -0.478 e. The molecule has 2 N–H and O–H groups in total. The number of carbonyl (C=O) groups is 1. The van der Waals surface area contributed by atoms with Gasteiger partial charge in [-0.1, -0.05) is 12.2 Å². The molecule has 5 nitrogen and oxygen atoms in total. The summed E-state index contributed by atoms with van der Waals surface area (Å²) < 4.78 is 0.340. The van der Waals surface area contributed by atoms with Gasteiger partial charge in [0.2, 0.25) is 0 Å². The molecule has 1 aromatic rings. The topological polar surface area (TPSA) is 69.2 Å². The molecule has 0 bridgehead atoms. The van der Waals surface area contributed by atoms with Gasteiger partial charge in [0.15, 0.2) is 5.82 Å². The van der Waals surface area contributed by atoms with Crippen LogP contribution in [0, 0.1) is 4.64 Å². The first kappa shape index (κ1) is 9.14. The largest absolute Gasteiger partial charge is 0.478 e. The first-order valence-electron chi connectivity index (χ1n) is 4.26. The lowest BCUT2D eigenvalue weighted by atomic mass is 10.2. The summed E-state index contributed by atoms with van der Waals surface area (Å²) in [5.41, 5.74) is 0.174. The van der Waals surface area contributed by atoms with Crippen LogP contribution in [0.15, 0.2) is 6.07 Å². The Balaban J connectivity index is 2.46. The minimum atomic E-state index is -0.987. The molecule has 0 aromatic carbocycles. The average Bonchev–Trinajstić information content (AvgIpc) is 2.04. The molecule has 74 valence electrons. The third-order valence-electron chi connectivity index (χ3n) is 2.17. The number of nitrogens with zero attached hydrogens (tertiary/aromatic N) is 2. The molecule has 1 fully saturated rings. The Morgan fingerprint density at radius 3 is 2.86 bits per heavy atom. The van der Waals surface area contributed by atoms with E-state index >= 15 is 0 Å². The van der Waals surface area contributed by atoms with Crippen LogP contribution in [0.4, 0.5) is 5.82 Å². The summed E-state index contributed by atoms with van der Waals surface area (Å²) in [6, 6.07) is 1.43. The number of rotatable bonds is 2. The lowest BCUT2D eigenvalue weighted by Crippen LogP contribution is -2.38. The molecule has 0 aliphatic carbocycles. The van der Waals surface area contributed by atoms with E-state index in [4.69, 9.17) is 17.3 Å². The van der Waals surface area contributed by atoms with Crippen molar-refractivity contribution in [2.45, 2.75) is 6.42 Å². The summed E-state index contributed by atoms with van der Waals surface area (Å²) in [4.78, 5) is 12.8. The SMILES string of the molecule is O=C(O)c1cc(=S)[nH]nc1N1CCC1. The predicted octanol–water partition coefficient (Wildman–Crippen LogP) is 1.05. The second kappa shape index (κ2) is 3.38. The van der Waals surface area contributed by atoms with Gasteiger partial charge in [-0.3, -0.25) is 5.10 Å². The number of anilines is 1. The number of aromatic carboxylic acids is 1. The first-order chi connectivity index (χ1) is 6.68. The van der Waals surface area contributed by atoms with Crippen molar-refractivity contribution in [3.05, 3.63) is 16.3 Å². The molecular formula is C8H9N3O2S. The van der Waals surface area contributed by atoms with Gasteiger partial charge in [-0.05, 0) is 12.5 Å². The Morgan fingerprint density at radius 2 is 2.36 bits per heavy atom. The van der Waals surface area contributed by atoms with Crippen molar-refractivity contribution in [2.24, 2.45) is 0 Å². The Kier molecular flexibility index (Phi) is 2.20. The molecule has 1 aliphatic heterocycles. The number of carboxylic acids is 1. The second-order valence-corrected chi connectivity index (χ2v) is 3.56. The van der Waals surface area contributed by atoms with Gasteiger partial charge in [0.1, 0.15) is 10.2 Å². The molecule has 1 saturated heterocycles. The average molecular weight is 211 g/mol. The van der Waals surface area contributed by atoms with Crippen molar-refractivity contribution >= 4 is 24.0 Å². The molecule has 0 unspecified atom stereocenters. The van der Waals surface area contributed by atoms with Crippen LogP contribution in [0.3, 0.4) is 0 Å². The standard InChI is InChI=1S/C8H9N3O2S/c12-8(13)5-4-6(14)9-10-7(5)11-2-1-3-11/h4H,1-3H2,(H,9,14)(H,12,13). The molecule has 14 heavy (non-hydrogen) atoms. The van der Waals surface area contributed by atoms with Crippen molar-refractivity contribution in [1.82, 2.24) is 10.2 Å². The molecule has 6 heteroatoms. The molecule has 2 rings (SSSR count). The van der Waals surface area contributed by atoms with Crippen LogP contribution in [0.1, 0.15) is 16.8 Å². The van der Waals surface area contributed by atoms with Gasteiger partial charge in [0.05, 0.1) is 0 Å². The summed E-state index contributed by atoms with van der Waals surface area (Å²) in [7, 11) is 0. The fraction of sp³-hybridized carbons (Fsp3) is 0.375. The maximum Gasteiger partial charge on any atom is 0.339 e. The monoisotopic (exact) mass is 211 g/mol. The third-order valence-corrected chi connectivity index (χ3v) is 2.38. The van der Waals surface area contributed by atoms with Crippen molar-refractivity contribution in [2.75, 3.05) is 18.0 Å². The number of H-pyrrole nitrogens is 1. The van der Waals surface area contributed by atoms with Crippen LogP contribution >= 0.6 is 12.2 Å². The van der Waals surface area contributed by atoms with E-state index in [-0.39, 0.29) is 5.56 Å². The molecule has 0 amide bonds. The zero-order chi connectivity index (χ0) is 10.1. The van der Waals surface area contributed by atoms with Gasteiger partial charge in [-0.25, -0.2) is 4.79 Å². The van der Waals surface area contributed by atoms with E-state index in [9.17, 15) is 4.79 Å². The van der Waals surface area contributed by atoms with Crippen LogP contribution in [-0.2, 0) is 0 Å². The molecule has 0 radical (unpaired) electrons. The number of hydrogen-bond donors (Lipinski definition) is 2. The molecule has 0 atom stereocenters. The van der Waals surface area contributed by atoms with Gasteiger partial charge < -0.3 is 10.0 Å². The second-order valence-electron chi connectivity index (χ2n) is 3.12. The highest BCUT2D eigenvalue weighted by atomic mass is 32.1. The van der Waals surface area contributed by atoms with E-state index in [1.807, 2.05) is 4.90 Å². The molecule has 1 aliphatic rings. The maximum atomic E-state index is 10.9. The van der Waals surface area contributed by atoms with Crippen LogP contribution in [0.2, 0.25) is 0 Å². The number of nitrogens with one attached hydrogen (secondary N) is 1. The van der Waals surface area contributed by atoms with Crippen molar-refractivity contribution in [3.63, 3.8) is 0 Å². The van der Waals surface area contributed by atoms with E-state index in [1.54, 1.807) is 0 Å². The maximum absolute atomic E-state index is 10.9.